The Labute approximate surface area is 101 Å². The fourth-order valence-electron chi connectivity index (χ4n) is 1.90. The molecule has 1 aliphatic rings. The molecule has 1 aliphatic heterocycles. The molecule has 1 atom stereocenters. The van der Waals surface area contributed by atoms with E-state index in [9.17, 15) is 4.79 Å². The number of hydrogen-bond acceptors (Lipinski definition) is 3. The zero-order valence-corrected chi connectivity index (χ0v) is 10.0. The lowest BCUT2D eigenvalue weighted by Gasteiger charge is -2.22. The molecule has 0 spiro atoms. The number of nitrogens with one attached hydrogen (secondary N) is 2. The van der Waals surface area contributed by atoms with E-state index in [0.717, 1.165) is 31.5 Å². The number of hydroxylamine groups is 1. The molecule has 4 nitrogen and oxygen atoms in total. The molecule has 1 amide bonds. The van der Waals surface area contributed by atoms with E-state index in [1.807, 2.05) is 25.1 Å². The Bertz CT molecular complexity index is 387. The molecule has 1 heterocycles. The molecule has 0 aromatic heterocycles. The van der Waals surface area contributed by atoms with E-state index in [1.165, 1.54) is 0 Å². The topological polar surface area (TPSA) is 50.4 Å². The van der Waals surface area contributed by atoms with Crippen LogP contribution in [-0.4, -0.2) is 25.1 Å². The largest absolute Gasteiger partial charge is 0.314 e. The fraction of sp³-hybridized carbons (Fsp3) is 0.462. The zero-order valence-electron chi connectivity index (χ0n) is 10.0. The van der Waals surface area contributed by atoms with Crippen molar-refractivity contribution in [2.75, 3.05) is 13.1 Å². The van der Waals surface area contributed by atoms with Crippen LogP contribution in [0.5, 0.6) is 0 Å². The highest BCUT2D eigenvalue weighted by Crippen LogP contribution is 2.06. The lowest BCUT2D eigenvalue weighted by Crippen LogP contribution is -2.40. The smallest absolute Gasteiger partial charge is 0.274 e. The van der Waals surface area contributed by atoms with Gasteiger partial charge in [0.15, 0.2) is 0 Å². The molecule has 2 N–H and O–H groups in total. The first-order chi connectivity index (χ1) is 8.25. The second kappa shape index (κ2) is 5.80. The van der Waals surface area contributed by atoms with Crippen molar-refractivity contribution in [3.05, 3.63) is 35.4 Å². The van der Waals surface area contributed by atoms with Crippen molar-refractivity contribution in [1.82, 2.24) is 10.8 Å². The number of carbonyl (C=O) groups excluding carboxylic acids is 1. The summed E-state index contributed by atoms with van der Waals surface area (Å²) in [5.41, 5.74) is 4.22. The van der Waals surface area contributed by atoms with Gasteiger partial charge in [-0.3, -0.25) is 9.63 Å². The van der Waals surface area contributed by atoms with Gasteiger partial charge in [-0.1, -0.05) is 17.7 Å². The van der Waals surface area contributed by atoms with Crippen LogP contribution in [0.25, 0.3) is 0 Å². The quantitative estimate of drug-likeness (QED) is 0.777. The lowest BCUT2D eigenvalue weighted by molar-refractivity contribution is -0.0251. The minimum Gasteiger partial charge on any atom is -0.314 e. The van der Waals surface area contributed by atoms with Gasteiger partial charge >= 0.3 is 0 Å². The molecule has 17 heavy (non-hydrogen) atoms. The van der Waals surface area contributed by atoms with Crippen LogP contribution in [0.1, 0.15) is 28.8 Å². The van der Waals surface area contributed by atoms with E-state index in [1.54, 1.807) is 6.07 Å². The third kappa shape index (κ3) is 3.54. The van der Waals surface area contributed by atoms with Crippen LogP contribution < -0.4 is 10.8 Å². The molecule has 1 aromatic rings. The van der Waals surface area contributed by atoms with Gasteiger partial charge in [0.1, 0.15) is 0 Å². The lowest BCUT2D eigenvalue weighted by atomic mass is 10.1. The van der Waals surface area contributed by atoms with Gasteiger partial charge in [0.2, 0.25) is 0 Å². The molecular formula is C13H18N2O2. The van der Waals surface area contributed by atoms with Crippen molar-refractivity contribution >= 4 is 5.91 Å². The molecule has 1 aromatic carbocycles. The molecule has 2 rings (SSSR count). The van der Waals surface area contributed by atoms with Gasteiger partial charge in [0, 0.05) is 12.1 Å². The van der Waals surface area contributed by atoms with E-state index >= 15 is 0 Å². The number of carbonyl (C=O) groups is 1. The summed E-state index contributed by atoms with van der Waals surface area (Å²) in [5, 5.41) is 3.23. The maximum absolute atomic E-state index is 11.8. The maximum atomic E-state index is 11.8. The standard InChI is InChI=1S/C13H18N2O2/c1-10-4-2-5-11(8-10)13(16)15-17-12-6-3-7-14-9-12/h2,4-5,8,12,14H,3,6-7,9H2,1H3,(H,15,16). The molecule has 4 heteroatoms. The van der Waals surface area contributed by atoms with Crippen molar-refractivity contribution in [2.24, 2.45) is 0 Å². The second-order valence-corrected chi connectivity index (χ2v) is 4.39. The summed E-state index contributed by atoms with van der Waals surface area (Å²) in [6.45, 7) is 3.79. The Balaban J connectivity index is 1.84. The van der Waals surface area contributed by atoms with E-state index in [0.29, 0.717) is 5.56 Å². The Morgan fingerprint density at radius 2 is 2.41 bits per heavy atom. The normalized spacial score (nSPS) is 19.9. The average Bonchev–Trinajstić information content (AvgIpc) is 2.37. The number of aryl methyl sites for hydroxylation is 1. The zero-order chi connectivity index (χ0) is 12.1. The summed E-state index contributed by atoms with van der Waals surface area (Å²) in [5.74, 6) is -0.181. The van der Waals surface area contributed by atoms with Crippen LogP contribution in [0.15, 0.2) is 24.3 Å². The van der Waals surface area contributed by atoms with E-state index < -0.39 is 0 Å². The first-order valence-corrected chi connectivity index (χ1v) is 5.99. The summed E-state index contributed by atoms with van der Waals surface area (Å²) in [6, 6.07) is 7.46. The molecule has 0 bridgehead atoms. The number of rotatable bonds is 3. The molecule has 1 fully saturated rings. The molecule has 0 radical (unpaired) electrons. The highest BCUT2D eigenvalue weighted by atomic mass is 16.7. The van der Waals surface area contributed by atoms with Crippen LogP contribution in [-0.2, 0) is 4.84 Å². The highest BCUT2D eigenvalue weighted by Gasteiger charge is 2.15. The molecule has 92 valence electrons. The predicted molar refractivity (Wildman–Crippen MR) is 65.6 cm³/mol. The highest BCUT2D eigenvalue weighted by molar-refractivity contribution is 5.93. The van der Waals surface area contributed by atoms with Gasteiger partial charge in [-0.05, 0) is 38.4 Å². The Kier molecular flexibility index (Phi) is 4.12. The maximum Gasteiger partial charge on any atom is 0.274 e. The van der Waals surface area contributed by atoms with Crippen molar-refractivity contribution in [3.8, 4) is 0 Å². The number of hydrogen-bond donors (Lipinski definition) is 2. The summed E-state index contributed by atoms with van der Waals surface area (Å²) in [6.07, 6.45) is 2.16. The van der Waals surface area contributed by atoms with Crippen LogP contribution in [0.2, 0.25) is 0 Å². The Hall–Kier alpha value is -1.39. The molecule has 0 saturated carbocycles. The van der Waals surface area contributed by atoms with E-state index in [4.69, 9.17) is 4.84 Å². The van der Waals surface area contributed by atoms with Gasteiger partial charge in [0.05, 0.1) is 6.10 Å². The fourth-order valence-corrected chi connectivity index (χ4v) is 1.90. The number of piperidine rings is 1. The Morgan fingerprint density at radius 1 is 1.53 bits per heavy atom. The minimum atomic E-state index is -0.181. The summed E-state index contributed by atoms with van der Waals surface area (Å²) in [4.78, 5) is 17.2. The third-order valence-corrected chi connectivity index (χ3v) is 2.85. The van der Waals surface area contributed by atoms with Gasteiger partial charge < -0.3 is 5.32 Å². The van der Waals surface area contributed by atoms with Gasteiger partial charge in [-0.15, -0.1) is 0 Å². The number of amides is 1. The first-order valence-electron chi connectivity index (χ1n) is 5.99. The van der Waals surface area contributed by atoms with Gasteiger partial charge in [-0.25, -0.2) is 5.48 Å². The Morgan fingerprint density at radius 3 is 3.12 bits per heavy atom. The van der Waals surface area contributed by atoms with E-state index in [-0.39, 0.29) is 12.0 Å². The SMILES string of the molecule is Cc1cccc(C(=O)NOC2CCCNC2)c1. The third-order valence-electron chi connectivity index (χ3n) is 2.85. The van der Waals surface area contributed by atoms with Crippen molar-refractivity contribution in [1.29, 1.82) is 0 Å². The molecule has 0 aliphatic carbocycles. The van der Waals surface area contributed by atoms with Crippen molar-refractivity contribution < 1.29 is 9.63 Å². The second-order valence-electron chi connectivity index (χ2n) is 4.39. The molecular weight excluding hydrogens is 216 g/mol. The molecule has 1 saturated heterocycles. The minimum absolute atomic E-state index is 0.0810. The van der Waals surface area contributed by atoms with Crippen LogP contribution in [0, 0.1) is 6.92 Å². The predicted octanol–water partition coefficient (Wildman–Crippen LogP) is 1.41. The van der Waals surface area contributed by atoms with Gasteiger partial charge in [0.25, 0.3) is 5.91 Å². The van der Waals surface area contributed by atoms with Crippen molar-refractivity contribution in [3.63, 3.8) is 0 Å². The average molecular weight is 234 g/mol. The summed E-state index contributed by atoms with van der Waals surface area (Å²) in [7, 11) is 0. The van der Waals surface area contributed by atoms with Crippen molar-refractivity contribution in [2.45, 2.75) is 25.9 Å². The van der Waals surface area contributed by atoms with Crippen LogP contribution in [0.3, 0.4) is 0 Å². The monoisotopic (exact) mass is 234 g/mol. The van der Waals surface area contributed by atoms with Gasteiger partial charge in [-0.2, -0.15) is 0 Å². The number of benzene rings is 1. The summed E-state index contributed by atoms with van der Waals surface area (Å²) >= 11 is 0. The van der Waals surface area contributed by atoms with E-state index in [2.05, 4.69) is 10.8 Å². The first kappa shape index (κ1) is 12.1. The van der Waals surface area contributed by atoms with Crippen LogP contribution in [0.4, 0.5) is 0 Å². The summed E-state index contributed by atoms with van der Waals surface area (Å²) < 4.78 is 0. The van der Waals surface area contributed by atoms with Crippen LogP contribution >= 0.6 is 0 Å². The molecule has 1 unspecified atom stereocenters.